The first-order chi connectivity index (χ1) is 16.2. The van der Waals surface area contributed by atoms with Crippen LogP contribution in [0.2, 0.25) is 0 Å². The van der Waals surface area contributed by atoms with Crippen LogP contribution in [0, 0.1) is 5.82 Å². The number of carbonyl (C=O) groups excluding carboxylic acids is 1. The Balaban J connectivity index is 1.34. The van der Waals surface area contributed by atoms with Crippen LogP contribution in [0.5, 0.6) is 0 Å². The maximum Gasteiger partial charge on any atom is 0.321 e. The van der Waals surface area contributed by atoms with Crippen LogP contribution < -0.4 is 5.32 Å². The molecule has 0 unspecified atom stereocenters. The molecule has 174 valence electrons. The number of aliphatic hydroxyl groups excluding tert-OH is 1. The lowest BCUT2D eigenvalue weighted by Gasteiger charge is -2.57. The minimum absolute atomic E-state index is 0.0705. The van der Waals surface area contributed by atoms with Gasteiger partial charge in [-0.05, 0) is 67.5 Å². The van der Waals surface area contributed by atoms with Gasteiger partial charge in [-0.25, -0.2) is 9.18 Å². The lowest BCUT2D eigenvalue weighted by Crippen LogP contribution is -2.68. The van der Waals surface area contributed by atoms with Gasteiger partial charge in [0, 0.05) is 31.1 Å². The fourth-order valence-corrected chi connectivity index (χ4v) is 5.73. The highest BCUT2D eigenvalue weighted by Gasteiger charge is 2.49. The van der Waals surface area contributed by atoms with Crippen LogP contribution in [0.1, 0.15) is 49.1 Å². The monoisotopic (exact) mass is 449 g/mol. The molecule has 6 heteroatoms. The minimum atomic E-state index is -0.432. The molecule has 5 rings (SSSR count). The third kappa shape index (κ3) is 4.42. The first kappa shape index (κ1) is 22.1. The summed E-state index contributed by atoms with van der Waals surface area (Å²) in [5.41, 5.74) is 4.14. The standard InChI is InChI=1S/C27H32FN3O2/c28-22-9-3-4-10-23(22)29-27(33)30-15-5-6-16-31-24(17-30)26(25(31)18-32)21-13-11-20(12-14-21)19-7-1-2-8-19/h3-4,7,9-14,24-26,32H,1-2,5-6,8,15-18H2,(H,29,33)/t24-,25+,26+/m0/s1. The fourth-order valence-electron chi connectivity index (χ4n) is 5.73. The van der Waals surface area contributed by atoms with Crippen molar-refractivity contribution in [3.63, 3.8) is 0 Å². The predicted octanol–water partition coefficient (Wildman–Crippen LogP) is 4.85. The number of urea groups is 1. The number of allylic oxidation sites excluding steroid dienone is 2. The van der Waals surface area contributed by atoms with Crippen molar-refractivity contribution in [3.05, 3.63) is 71.6 Å². The Morgan fingerprint density at radius 2 is 1.85 bits per heavy atom. The molecule has 5 nitrogen and oxygen atoms in total. The Kier molecular flexibility index (Phi) is 6.47. The molecule has 3 aliphatic rings. The van der Waals surface area contributed by atoms with E-state index in [0.717, 1.165) is 32.2 Å². The summed E-state index contributed by atoms with van der Waals surface area (Å²) in [6.07, 6.45) is 7.72. The maximum absolute atomic E-state index is 14.1. The molecule has 2 aliphatic heterocycles. The lowest BCUT2D eigenvalue weighted by molar-refractivity contribution is -0.0585. The third-order valence-corrected chi connectivity index (χ3v) is 7.48. The van der Waals surface area contributed by atoms with Gasteiger partial charge >= 0.3 is 6.03 Å². The summed E-state index contributed by atoms with van der Waals surface area (Å²) < 4.78 is 14.1. The van der Waals surface area contributed by atoms with Crippen LogP contribution >= 0.6 is 0 Å². The van der Waals surface area contributed by atoms with Crippen molar-refractivity contribution in [1.29, 1.82) is 0 Å². The molecule has 0 bridgehead atoms. The molecule has 0 radical (unpaired) electrons. The zero-order valence-corrected chi connectivity index (χ0v) is 18.9. The highest BCUT2D eigenvalue weighted by molar-refractivity contribution is 5.89. The molecule has 2 saturated heterocycles. The summed E-state index contributed by atoms with van der Waals surface area (Å²) in [7, 11) is 0. The van der Waals surface area contributed by atoms with Crippen molar-refractivity contribution in [3.8, 4) is 0 Å². The summed E-state index contributed by atoms with van der Waals surface area (Å²) in [5, 5.41) is 12.9. The number of hydrogen-bond donors (Lipinski definition) is 2. The van der Waals surface area contributed by atoms with E-state index >= 15 is 0 Å². The molecule has 1 aliphatic carbocycles. The van der Waals surface area contributed by atoms with Crippen molar-refractivity contribution in [2.45, 2.75) is 50.1 Å². The van der Waals surface area contributed by atoms with Crippen LogP contribution in [-0.2, 0) is 0 Å². The molecule has 0 saturated carbocycles. The highest BCUT2D eigenvalue weighted by Crippen LogP contribution is 2.42. The van der Waals surface area contributed by atoms with E-state index in [4.69, 9.17) is 0 Å². The Hall–Kier alpha value is -2.70. The molecule has 33 heavy (non-hydrogen) atoms. The zero-order valence-electron chi connectivity index (χ0n) is 18.9. The van der Waals surface area contributed by atoms with Crippen LogP contribution in [0.3, 0.4) is 0 Å². The zero-order chi connectivity index (χ0) is 22.8. The molecule has 2 amide bonds. The number of amides is 2. The van der Waals surface area contributed by atoms with Crippen molar-refractivity contribution >= 4 is 17.3 Å². The third-order valence-electron chi connectivity index (χ3n) is 7.48. The number of nitrogens with zero attached hydrogens (tertiary/aromatic N) is 2. The molecule has 0 spiro atoms. The number of anilines is 1. The van der Waals surface area contributed by atoms with Gasteiger partial charge in [-0.3, -0.25) is 4.90 Å². The Morgan fingerprint density at radius 1 is 1.06 bits per heavy atom. The lowest BCUT2D eigenvalue weighted by atomic mass is 9.74. The van der Waals surface area contributed by atoms with Crippen LogP contribution in [-0.4, -0.2) is 59.3 Å². The Labute approximate surface area is 194 Å². The van der Waals surface area contributed by atoms with Gasteiger partial charge in [0.05, 0.1) is 12.3 Å². The second-order valence-corrected chi connectivity index (χ2v) is 9.39. The van der Waals surface area contributed by atoms with Gasteiger partial charge in [0.2, 0.25) is 0 Å². The molecule has 3 atom stereocenters. The first-order valence-electron chi connectivity index (χ1n) is 12.1. The van der Waals surface area contributed by atoms with E-state index in [1.54, 1.807) is 18.2 Å². The second-order valence-electron chi connectivity index (χ2n) is 9.39. The van der Waals surface area contributed by atoms with Crippen molar-refractivity contribution in [2.75, 3.05) is 31.6 Å². The SMILES string of the molecule is O=C(Nc1ccccc1F)N1CCCCN2[C@H](CO)[C@H](c3ccc(C4=CCCC4)cc3)[C@@H]2C1. The van der Waals surface area contributed by atoms with Gasteiger partial charge in [0.25, 0.3) is 0 Å². The van der Waals surface area contributed by atoms with E-state index in [-0.39, 0.29) is 36.3 Å². The summed E-state index contributed by atoms with van der Waals surface area (Å²) in [4.78, 5) is 17.2. The molecule has 2 aromatic rings. The van der Waals surface area contributed by atoms with E-state index in [9.17, 15) is 14.3 Å². The van der Waals surface area contributed by atoms with Crippen molar-refractivity contribution in [2.24, 2.45) is 0 Å². The van der Waals surface area contributed by atoms with E-state index in [1.807, 2.05) is 4.90 Å². The number of nitrogens with one attached hydrogen (secondary N) is 1. The molecule has 2 aromatic carbocycles. The maximum atomic E-state index is 14.1. The number of aliphatic hydroxyl groups is 1. The number of hydrogen-bond acceptors (Lipinski definition) is 3. The summed E-state index contributed by atoms with van der Waals surface area (Å²) in [5.74, 6) is -0.262. The summed E-state index contributed by atoms with van der Waals surface area (Å²) >= 11 is 0. The highest BCUT2D eigenvalue weighted by atomic mass is 19.1. The average molecular weight is 450 g/mol. The molecule has 2 N–H and O–H groups in total. The number of carbonyl (C=O) groups is 1. The van der Waals surface area contributed by atoms with Crippen molar-refractivity contribution < 1.29 is 14.3 Å². The van der Waals surface area contributed by atoms with Gasteiger partial charge < -0.3 is 15.3 Å². The van der Waals surface area contributed by atoms with Crippen LogP contribution in [0.4, 0.5) is 14.9 Å². The molecular formula is C27H32FN3O2. The minimum Gasteiger partial charge on any atom is -0.395 e. The van der Waals surface area contributed by atoms with Crippen LogP contribution in [0.25, 0.3) is 5.57 Å². The van der Waals surface area contributed by atoms with Gasteiger partial charge in [0.1, 0.15) is 5.82 Å². The number of fused-ring (bicyclic) bond motifs is 1. The molecular weight excluding hydrogens is 417 g/mol. The number of para-hydroxylation sites is 1. The Morgan fingerprint density at radius 3 is 2.58 bits per heavy atom. The van der Waals surface area contributed by atoms with E-state index in [2.05, 4.69) is 40.6 Å². The largest absolute Gasteiger partial charge is 0.395 e. The second kappa shape index (κ2) is 9.65. The smallest absolute Gasteiger partial charge is 0.321 e. The molecule has 2 heterocycles. The van der Waals surface area contributed by atoms with Crippen molar-refractivity contribution in [1.82, 2.24) is 9.80 Å². The predicted molar refractivity (Wildman–Crippen MR) is 129 cm³/mol. The molecule has 2 fully saturated rings. The van der Waals surface area contributed by atoms with E-state index < -0.39 is 5.82 Å². The number of rotatable bonds is 4. The topological polar surface area (TPSA) is 55.8 Å². The van der Waals surface area contributed by atoms with Gasteiger partial charge in [-0.1, -0.05) is 42.5 Å². The first-order valence-corrected chi connectivity index (χ1v) is 12.1. The normalized spacial score (nSPS) is 25.5. The number of benzene rings is 2. The Bertz CT molecular complexity index is 1020. The average Bonchev–Trinajstić information content (AvgIpc) is 3.35. The molecule has 0 aromatic heterocycles. The number of halogens is 1. The van der Waals surface area contributed by atoms with Gasteiger partial charge in [-0.2, -0.15) is 0 Å². The quantitative estimate of drug-likeness (QED) is 0.702. The van der Waals surface area contributed by atoms with Gasteiger partial charge in [0.15, 0.2) is 0 Å². The van der Waals surface area contributed by atoms with Gasteiger partial charge in [-0.15, -0.1) is 0 Å². The summed E-state index contributed by atoms with van der Waals surface area (Å²) in [6.45, 7) is 2.25. The van der Waals surface area contributed by atoms with E-state index in [1.165, 1.54) is 29.2 Å². The summed E-state index contributed by atoms with van der Waals surface area (Å²) in [6, 6.07) is 15.0. The fraction of sp³-hybridized carbons (Fsp3) is 0.444. The van der Waals surface area contributed by atoms with E-state index in [0.29, 0.717) is 13.1 Å². The van der Waals surface area contributed by atoms with Crippen LogP contribution in [0.15, 0.2) is 54.6 Å².